The molecule has 0 aliphatic heterocycles. The van der Waals surface area contributed by atoms with Crippen LogP contribution in [-0.2, 0) is 4.79 Å². The summed E-state index contributed by atoms with van der Waals surface area (Å²) in [5.41, 5.74) is 0.137. The molecule has 0 spiro atoms. The number of rotatable bonds is 1. The first kappa shape index (κ1) is 11.3. The molecule has 1 aromatic carbocycles. The highest BCUT2D eigenvalue weighted by Gasteiger charge is 1.98. The number of Topliss-reactive ketones (excluding diaryl/α,β-unsaturated/α-hetero) is 1. The van der Waals surface area contributed by atoms with Gasteiger partial charge >= 0.3 is 0 Å². The standard InChI is InChI=1S/C6H5NO2.C3H6O/c8-7(9)6-4-2-1-3-5-6;1-3(2)4/h1-5H;1-2H3. The zero-order chi connectivity index (χ0) is 10.3. The summed E-state index contributed by atoms with van der Waals surface area (Å²) < 4.78 is 0. The Labute approximate surface area is 76.3 Å². The van der Waals surface area contributed by atoms with Crippen LogP contribution in [0.1, 0.15) is 13.8 Å². The van der Waals surface area contributed by atoms with Crippen LogP contribution in [0.4, 0.5) is 5.69 Å². The van der Waals surface area contributed by atoms with E-state index in [1.54, 1.807) is 18.2 Å². The van der Waals surface area contributed by atoms with Crippen LogP contribution < -0.4 is 0 Å². The van der Waals surface area contributed by atoms with E-state index in [0.717, 1.165) is 0 Å². The first-order chi connectivity index (χ1) is 6.04. The Morgan fingerprint density at radius 1 is 1.23 bits per heavy atom. The molecule has 0 bridgehead atoms. The molecule has 0 aliphatic carbocycles. The van der Waals surface area contributed by atoms with Gasteiger partial charge in [-0.1, -0.05) is 18.2 Å². The number of nitro benzene ring substituents is 1. The summed E-state index contributed by atoms with van der Waals surface area (Å²) in [6, 6.07) is 7.93. The second kappa shape index (κ2) is 5.88. The van der Waals surface area contributed by atoms with E-state index in [2.05, 4.69) is 0 Å². The highest BCUT2D eigenvalue weighted by molar-refractivity contribution is 5.72. The molecule has 70 valence electrons. The molecular weight excluding hydrogens is 170 g/mol. The lowest BCUT2D eigenvalue weighted by atomic mass is 10.3. The minimum Gasteiger partial charge on any atom is -0.300 e. The van der Waals surface area contributed by atoms with Gasteiger partial charge in [-0.2, -0.15) is 0 Å². The maximum Gasteiger partial charge on any atom is 0.269 e. The van der Waals surface area contributed by atoms with Crippen LogP contribution in [0.25, 0.3) is 0 Å². The number of hydrogen-bond donors (Lipinski definition) is 0. The van der Waals surface area contributed by atoms with E-state index >= 15 is 0 Å². The van der Waals surface area contributed by atoms with Crippen molar-refractivity contribution in [2.75, 3.05) is 0 Å². The lowest BCUT2D eigenvalue weighted by molar-refractivity contribution is -0.384. The van der Waals surface area contributed by atoms with Crippen LogP contribution >= 0.6 is 0 Å². The van der Waals surface area contributed by atoms with Gasteiger partial charge in [0.05, 0.1) is 4.92 Å². The number of ketones is 1. The van der Waals surface area contributed by atoms with Crippen molar-refractivity contribution >= 4 is 11.5 Å². The molecule has 0 radical (unpaired) electrons. The van der Waals surface area contributed by atoms with Crippen LogP contribution in [0.15, 0.2) is 30.3 Å². The molecule has 13 heavy (non-hydrogen) atoms. The maximum atomic E-state index is 10.0. The number of nitro groups is 1. The van der Waals surface area contributed by atoms with Crippen molar-refractivity contribution < 1.29 is 9.72 Å². The number of carbonyl (C=O) groups excluding carboxylic acids is 1. The van der Waals surface area contributed by atoms with Gasteiger partial charge < -0.3 is 4.79 Å². The number of hydrogen-bond acceptors (Lipinski definition) is 3. The minimum atomic E-state index is -0.417. The molecule has 1 rings (SSSR count). The molecule has 0 atom stereocenters. The fourth-order valence-corrected chi connectivity index (χ4v) is 0.550. The molecule has 0 aliphatic rings. The van der Waals surface area contributed by atoms with Crippen LogP contribution in [0.3, 0.4) is 0 Å². The van der Waals surface area contributed by atoms with E-state index in [9.17, 15) is 14.9 Å². The Balaban J connectivity index is 0.000000310. The van der Waals surface area contributed by atoms with Crippen molar-refractivity contribution in [3.05, 3.63) is 40.4 Å². The van der Waals surface area contributed by atoms with Gasteiger partial charge in [-0.15, -0.1) is 0 Å². The van der Waals surface area contributed by atoms with E-state index in [4.69, 9.17) is 0 Å². The van der Waals surface area contributed by atoms with Gasteiger partial charge in [0.2, 0.25) is 0 Å². The molecule has 0 saturated heterocycles. The second-order valence-corrected chi connectivity index (χ2v) is 2.50. The van der Waals surface area contributed by atoms with E-state index in [1.165, 1.54) is 26.0 Å². The van der Waals surface area contributed by atoms with Gasteiger partial charge in [0, 0.05) is 12.1 Å². The zero-order valence-corrected chi connectivity index (χ0v) is 7.56. The fourth-order valence-electron chi connectivity index (χ4n) is 0.550. The molecule has 0 heterocycles. The number of benzene rings is 1. The van der Waals surface area contributed by atoms with Gasteiger partial charge in [-0.05, 0) is 13.8 Å². The maximum absolute atomic E-state index is 10.0. The fraction of sp³-hybridized carbons (Fsp3) is 0.222. The lowest BCUT2D eigenvalue weighted by Gasteiger charge is -1.85. The topological polar surface area (TPSA) is 60.2 Å². The Kier molecular flexibility index (Phi) is 5.11. The van der Waals surface area contributed by atoms with Crippen molar-refractivity contribution in [1.82, 2.24) is 0 Å². The minimum absolute atomic E-state index is 0.137. The van der Waals surface area contributed by atoms with E-state index in [-0.39, 0.29) is 11.5 Å². The predicted octanol–water partition coefficient (Wildman–Crippen LogP) is 2.19. The third kappa shape index (κ3) is 6.68. The van der Waals surface area contributed by atoms with Gasteiger partial charge in [-0.25, -0.2) is 0 Å². The Hall–Kier alpha value is -1.71. The summed E-state index contributed by atoms with van der Waals surface area (Å²) in [5.74, 6) is 0.167. The molecule has 0 fully saturated rings. The van der Waals surface area contributed by atoms with Crippen molar-refractivity contribution in [3.8, 4) is 0 Å². The molecule has 0 aromatic heterocycles. The van der Waals surface area contributed by atoms with Crippen LogP contribution in [0.5, 0.6) is 0 Å². The predicted molar refractivity (Wildman–Crippen MR) is 49.5 cm³/mol. The molecule has 1 aromatic rings. The molecule has 0 amide bonds. The van der Waals surface area contributed by atoms with Gasteiger partial charge in [0.25, 0.3) is 5.69 Å². The average Bonchev–Trinajstić information content (AvgIpc) is 2.05. The third-order valence-corrected chi connectivity index (χ3v) is 0.967. The lowest BCUT2D eigenvalue weighted by Crippen LogP contribution is -1.84. The molecular formula is C9H11NO3. The van der Waals surface area contributed by atoms with Crippen molar-refractivity contribution in [1.29, 1.82) is 0 Å². The largest absolute Gasteiger partial charge is 0.300 e. The number of nitrogens with zero attached hydrogens (tertiary/aromatic N) is 1. The summed E-state index contributed by atoms with van der Waals surface area (Å²) in [6.45, 7) is 3.06. The second-order valence-electron chi connectivity index (χ2n) is 2.50. The Morgan fingerprint density at radius 2 is 1.62 bits per heavy atom. The summed E-state index contributed by atoms with van der Waals surface area (Å²) in [5, 5.41) is 10.0. The SMILES string of the molecule is CC(C)=O.O=[N+]([O-])c1ccccc1. The van der Waals surface area contributed by atoms with Gasteiger partial charge in [-0.3, -0.25) is 10.1 Å². The van der Waals surface area contributed by atoms with Crippen LogP contribution in [-0.4, -0.2) is 10.7 Å². The van der Waals surface area contributed by atoms with Crippen LogP contribution in [0.2, 0.25) is 0 Å². The first-order valence-electron chi connectivity index (χ1n) is 3.70. The highest BCUT2D eigenvalue weighted by atomic mass is 16.6. The summed E-state index contributed by atoms with van der Waals surface area (Å²) in [4.78, 5) is 19.0. The third-order valence-electron chi connectivity index (χ3n) is 0.967. The monoisotopic (exact) mass is 181 g/mol. The zero-order valence-electron chi connectivity index (χ0n) is 7.56. The smallest absolute Gasteiger partial charge is 0.269 e. The van der Waals surface area contributed by atoms with E-state index < -0.39 is 4.92 Å². The van der Waals surface area contributed by atoms with Crippen molar-refractivity contribution in [2.45, 2.75) is 13.8 Å². The van der Waals surface area contributed by atoms with Gasteiger partial charge in [0.1, 0.15) is 5.78 Å². The Bertz CT molecular complexity index is 278. The van der Waals surface area contributed by atoms with Crippen LogP contribution in [0, 0.1) is 10.1 Å². The molecule has 0 saturated carbocycles. The number of carbonyl (C=O) groups is 1. The first-order valence-corrected chi connectivity index (χ1v) is 3.70. The summed E-state index contributed by atoms with van der Waals surface area (Å²) in [7, 11) is 0. The molecule has 0 unspecified atom stereocenters. The highest BCUT2D eigenvalue weighted by Crippen LogP contribution is 2.06. The summed E-state index contributed by atoms with van der Waals surface area (Å²) in [6.07, 6.45) is 0. The average molecular weight is 181 g/mol. The Morgan fingerprint density at radius 3 is 1.85 bits per heavy atom. The van der Waals surface area contributed by atoms with Gasteiger partial charge in [0.15, 0.2) is 0 Å². The number of non-ortho nitro benzene ring substituents is 1. The van der Waals surface area contributed by atoms with Crippen molar-refractivity contribution in [2.24, 2.45) is 0 Å². The molecule has 4 nitrogen and oxygen atoms in total. The summed E-state index contributed by atoms with van der Waals surface area (Å²) >= 11 is 0. The molecule has 4 heteroatoms. The van der Waals surface area contributed by atoms with E-state index in [0.29, 0.717) is 0 Å². The molecule has 0 N–H and O–H groups in total. The normalized spacial score (nSPS) is 8.15. The van der Waals surface area contributed by atoms with E-state index in [1.807, 2.05) is 0 Å². The quantitative estimate of drug-likeness (QED) is 0.492. The van der Waals surface area contributed by atoms with Crippen molar-refractivity contribution in [3.63, 3.8) is 0 Å². The number of para-hydroxylation sites is 1.